The molecule has 0 aromatic heterocycles. The van der Waals surface area contributed by atoms with E-state index in [0.29, 0.717) is 5.96 Å². The maximum absolute atomic E-state index is 10.3. The zero-order valence-corrected chi connectivity index (χ0v) is 19.0. The number of nitrogens with one attached hydrogen (secondary N) is 2. The van der Waals surface area contributed by atoms with E-state index in [2.05, 4.69) is 51.7 Å². The number of hydrogen-bond donors (Lipinski definition) is 3. The number of nitrogens with zero attached hydrogens (tertiary/aromatic N) is 2. The highest BCUT2D eigenvalue weighted by Crippen LogP contribution is 2.24. The largest absolute Gasteiger partial charge is 0.491 e. The van der Waals surface area contributed by atoms with Gasteiger partial charge in [0, 0.05) is 25.3 Å². The second kappa shape index (κ2) is 11.6. The van der Waals surface area contributed by atoms with Crippen molar-refractivity contribution in [1.29, 1.82) is 0 Å². The molecule has 2 aromatic rings. The van der Waals surface area contributed by atoms with Crippen molar-refractivity contribution >= 4 is 11.6 Å². The van der Waals surface area contributed by atoms with Gasteiger partial charge in [-0.1, -0.05) is 24.3 Å². The number of anilines is 1. The highest BCUT2D eigenvalue weighted by atomic mass is 16.5. The van der Waals surface area contributed by atoms with Gasteiger partial charge in [0.1, 0.15) is 18.5 Å². The van der Waals surface area contributed by atoms with Crippen molar-refractivity contribution in [2.24, 2.45) is 4.99 Å². The monoisotopic (exact) mass is 424 g/mol. The zero-order valence-electron chi connectivity index (χ0n) is 19.0. The Labute approximate surface area is 186 Å². The highest BCUT2D eigenvalue weighted by molar-refractivity contribution is 5.80. The van der Waals surface area contributed by atoms with Crippen LogP contribution in [0.2, 0.25) is 0 Å². The van der Waals surface area contributed by atoms with Crippen LogP contribution in [-0.4, -0.2) is 50.0 Å². The first-order valence-electron chi connectivity index (χ1n) is 11.3. The van der Waals surface area contributed by atoms with E-state index in [1.807, 2.05) is 38.1 Å². The second-order valence-electron chi connectivity index (χ2n) is 8.16. The lowest BCUT2D eigenvalue weighted by Crippen LogP contribution is -2.39. The molecule has 2 atom stereocenters. The van der Waals surface area contributed by atoms with Crippen LogP contribution >= 0.6 is 0 Å². The predicted molar refractivity (Wildman–Crippen MR) is 128 cm³/mol. The molecule has 0 spiro atoms. The fourth-order valence-corrected chi connectivity index (χ4v) is 3.72. The highest BCUT2D eigenvalue weighted by Gasteiger charge is 2.15. The Balaban J connectivity index is 1.55. The summed E-state index contributed by atoms with van der Waals surface area (Å²) in [5.74, 6) is 1.45. The summed E-state index contributed by atoms with van der Waals surface area (Å²) in [5, 5.41) is 17.0. The molecule has 2 aromatic carbocycles. The van der Waals surface area contributed by atoms with Crippen LogP contribution in [-0.2, 0) is 0 Å². The molecule has 6 heteroatoms. The molecule has 0 radical (unpaired) electrons. The molecule has 1 fully saturated rings. The molecule has 6 nitrogen and oxygen atoms in total. The number of hydrogen-bond acceptors (Lipinski definition) is 4. The summed E-state index contributed by atoms with van der Waals surface area (Å²) in [6.07, 6.45) is 1.86. The number of guanidine groups is 1. The summed E-state index contributed by atoms with van der Waals surface area (Å²) in [5.41, 5.74) is 3.64. The van der Waals surface area contributed by atoms with Crippen molar-refractivity contribution in [2.45, 2.75) is 45.8 Å². The third kappa shape index (κ3) is 7.17. The van der Waals surface area contributed by atoms with Gasteiger partial charge in [-0.3, -0.25) is 4.99 Å². The van der Waals surface area contributed by atoms with E-state index in [9.17, 15) is 5.11 Å². The summed E-state index contributed by atoms with van der Waals surface area (Å²) in [4.78, 5) is 7.01. The van der Waals surface area contributed by atoms with E-state index in [1.54, 1.807) is 0 Å². The molecular weight excluding hydrogens is 388 g/mol. The first-order valence-corrected chi connectivity index (χ1v) is 11.3. The van der Waals surface area contributed by atoms with Crippen molar-refractivity contribution in [3.05, 3.63) is 59.7 Å². The van der Waals surface area contributed by atoms with Crippen LogP contribution in [0.25, 0.3) is 0 Å². The minimum Gasteiger partial charge on any atom is -0.491 e. The van der Waals surface area contributed by atoms with Crippen molar-refractivity contribution in [3.8, 4) is 5.75 Å². The van der Waals surface area contributed by atoms with E-state index in [0.717, 1.165) is 30.9 Å². The smallest absolute Gasteiger partial charge is 0.191 e. The Morgan fingerprint density at radius 3 is 2.68 bits per heavy atom. The van der Waals surface area contributed by atoms with Crippen LogP contribution < -0.4 is 20.3 Å². The molecule has 1 saturated heterocycles. The third-order valence-corrected chi connectivity index (χ3v) is 5.43. The average molecular weight is 425 g/mol. The van der Waals surface area contributed by atoms with Gasteiger partial charge in [0.15, 0.2) is 5.96 Å². The van der Waals surface area contributed by atoms with Gasteiger partial charge in [0.05, 0.1) is 12.6 Å². The van der Waals surface area contributed by atoms with Gasteiger partial charge < -0.3 is 25.4 Å². The molecule has 3 N–H and O–H groups in total. The van der Waals surface area contributed by atoms with Crippen molar-refractivity contribution in [1.82, 2.24) is 10.6 Å². The van der Waals surface area contributed by atoms with E-state index in [1.165, 1.54) is 24.1 Å². The van der Waals surface area contributed by atoms with Gasteiger partial charge >= 0.3 is 0 Å². The summed E-state index contributed by atoms with van der Waals surface area (Å²) in [6, 6.07) is 16.6. The lowest BCUT2D eigenvalue weighted by atomic mass is 10.1. The molecule has 1 heterocycles. The molecular formula is C25H36N4O2. The topological polar surface area (TPSA) is 69.1 Å². The summed E-state index contributed by atoms with van der Waals surface area (Å²) in [6.45, 7) is 9.68. The van der Waals surface area contributed by atoms with Crippen molar-refractivity contribution < 1.29 is 9.84 Å². The first-order chi connectivity index (χ1) is 15.0. The minimum absolute atomic E-state index is 0.0982. The Hall–Kier alpha value is -2.73. The van der Waals surface area contributed by atoms with E-state index >= 15 is 0 Å². The molecule has 31 heavy (non-hydrogen) atoms. The molecule has 1 aliphatic heterocycles. The van der Waals surface area contributed by atoms with Crippen LogP contribution in [0.15, 0.2) is 53.5 Å². The number of benzene rings is 2. The van der Waals surface area contributed by atoms with Crippen molar-refractivity contribution in [2.75, 3.05) is 37.7 Å². The van der Waals surface area contributed by atoms with Gasteiger partial charge in [0.25, 0.3) is 0 Å². The Kier molecular flexibility index (Phi) is 8.59. The van der Waals surface area contributed by atoms with Crippen LogP contribution in [0.5, 0.6) is 5.75 Å². The molecule has 168 valence electrons. The quantitative estimate of drug-likeness (QED) is 0.423. The fourth-order valence-electron chi connectivity index (χ4n) is 3.72. The molecule has 0 bridgehead atoms. The van der Waals surface area contributed by atoms with Gasteiger partial charge in [-0.15, -0.1) is 0 Å². The van der Waals surface area contributed by atoms with Gasteiger partial charge in [0.2, 0.25) is 0 Å². The van der Waals surface area contributed by atoms with Gasteiger partial charge in [-0.2, -0.15) is 0 Å². The molecule has 2 unspecified atom stereocenters. The zero-order chi connectivity index (χ0) is 22.1. The third-order valence-electron chi connectivity index (χ3n) is 5.43. The lowest BCUT2D eigenvalue weighted by Gasteiger charge is -2.22. The fraction of sp³-hybridized carbons (Fsp3) is 0.480. The van der Waals surface area contributed by atoms with E-state index in [4.69, 9.17) is 4.74 Å². The molecule has 0 saturated carbocycles. The van der Waals surface area contributed by atoms with Gasteiger partial charge in [-0.25, -0.2) is 0 Å². The standard InChI is InChI=1S/C25H36N4O2/c1-4-26-25(27-17-23(30)18-31-24-12-7-9-19(2)15-24)28-20(3)21-10-8-11-22(16-21)29-13-5-6-14-29/h7-12,15-16,20,23,30H,4-6,13-14,17-18H2,1-3H3,(H2,26,27,28). The SMILES string of the molecule is CCNC(=NCC(O)COc1cccc(C)c1)NC(C)c1cccc(N2CCCC2)c1. The molecule has 0 amide bonds. The number of aryl methyl sites for hydroxylation is 1. The van der Waals surface area contributed by atoms with Crippen LogP contribution in [0.1, 0.15) is 43.9 Å². The number of rotatable bonds is 9. The molecule has 0 aliphatic carbocycles. The Morgan fingerprint density at radius 1 is 1.16 bits per heavy atom. The van der Waals surface area contributed by atoms with E-state index < -0.39 is 6.10 Å². The number of aliphatic imine (C=N–C) groups is 1. The average Bonchev–Trinajstić information content (AvgIpc) is 3.31. The van der Waals surface area contributed by atoms with E-state index in [-0.39, 0.29) is 19.2 Å². The maximum atomic E-state index is 10.3. The van der Waals surface area contributed by atoms with Crippen LogP contribution in [0, 0.1) is 6.92 Å². The first kappa shape index (κ1) is 22.9. The summed E-state index contributed by atoms with van der Waals surface area (Å²) in [7, 11) is 0. The minimum atomic E-state index is -0.676. The molecule has 1 aliphatic rings. The van der Waals surface area contributed by atoms with Crippen molar-refractivity contribution in [3.63, 3.8) is 0 Å². The Bertz CT molecular complexity index is 849. The van der Waals surface area contributed by atoms with Crippen LogP contribution in [0.3, 0.4) is 0 Å². The Morgan fingerprint density at radius 2 is 1.94 bits per heavy atom. The number of ether oxygens (including phenoxy) is 1. The number of aliphatic hydroxyl groups is 1. The predicted octanol–water partition coefficient (Wildman–Crippen LogP) is 3.65. The lowest BCUT2D eigenvalue weighted by molar-refractivity contribution is 0.114. The summed E-state index contributed by atoms with van der Waals surface area (Å²) < 4.78 is 5.69. The molecule has 3 rings (SSSR count). The maximum Gasteiger partial charge on any atom is 0.191 e. The van der Waals surface area contributed by atoms with Crippen LogP contribution in [0.4, 0.5) is 5.69 Å². The second-order valence-corrected chi connectivity index (χ2v) is 8.16. The summed E-state index contributed by atoms with van der Waals surface area (Å²) >= 11 is 0. The normalized spacial score (nSPS) is 16.1. The number of aliphatic hydroxyl groups excluding tert-OH is 1. The van der Waals surface area contributed by atoms with Gasteiger partial charge in [-0.05, 0) is 69.0 Å².